The van der Waals surface area contributed by atoms with Crippen molar-refractivity contribution in [2.45, 2.75) is 12.5 Å². The molecular formula is C16H14INO3. The van der Waals surface area contributed by atoms with Crippen molar-refractivity contribution in [2.24, 2.45) is 0 Å². The minimum Gasteiger partial charge on any atom is -0.479 e. The summed E-state index contributed by atoms with van der Waals surface area (Å²) >= 11 is 2.10. The Bertz CT molecular complexity index is 672. The first-order valence-electron chi connectivity index (χ1n) is 6.30. The number of benzene rings is 2. The molecular weight excluding hydrogens is 381 g/mol. The summed E-state index contributed by atoms with van der Waals surface area (Å²) in [6.07, 6.45) is 0. The van der Waals surface area contributed by atoms with Gasteiger partial charge in [-0.15, -0.1) is 0 Å². The molecule has 0 spiro atoms. The maximum atomic E-state index is 12.3. The molecule has 5 heteroatoms. The quantitative estimate of drug-likeness (QED) is 0.783. The van der Waals surface area contributed by atoms with E-state index in [-0.39, 0.29) is 0 Å². The molecule has 0 aromatic heterocycles. The van der Waals surface area contributed by atoms with E-state index in [1.165, 1.54) is 6.92 Å². The van der Waals surface area contributed by atoms with E-state index in [1.807, 2.05) is 6.07 Å². The van der Waals surface area contributed by atoms with E-state index in [2.05, 4.69) is 27.9 Å². The molecule has 1 unspecified atom stereocenters. The number of carbonyl (C=O) groups is 2. The highest BCUT2D eigenvalue weighted by atomic mass is 127. The van der Waals surface area contributed by atoms with Crippen LogP contribution >= 0.6 is 22.6 Å². The average molecular weight is 395 g/mol. The lowest BCUT2D eigenvalue weighted by Gasteiger charge is -2.26. The molecule has 0 aliphatic carbocycles. The minimum absolute atomic E-state index is 0.415. The number of carboxylic acids is 1. The Kier molecular flexibility index (Phi) is 4.62. The van der Waals surface area contributed by atoms with Crippen LogP contribution in [0.4, 0.5) is 0 Å². The Morgan fingerprint density at radius 3 is 2.33 bits per heavy atom. The molecule has 2 N–H and O–H groups in total. The summed E-state index contributed by atoms with van der Waals surface area (Å²) in [7, 11) is 0. The zero-order valence-electron chi connectivity index (χ0n) is 11.3. The van der Waals surface area contributed by atoms with E-state index in [1.54, 1.807) is 48.5 Å². The molecule has 4 nitrogen and oxygen atoms in total. The lowest BCUT2D eigenvalue weighted by Crippen LogP contribution is -2.49. The first-order chi connectivity index (χ1) is 9.93. The predicted octanol–water partition coefficient (Wildman–Crippen LogP) is 3.02. The standard InChI is InChI=1S/C16H14INO3/c1-16(15(20)21,12-7-3-2-4-8-12)18-14(19)11-6-5-9-13(17)10-11/h2-10H,1H3,(H,18,19)(H,20,21). The Hall–Kier alpha value is -1.89. The topological polar surface area (TPSA) is 66.4 Å². The summed E-state index contributed by atoms with van der Waals surface area (Å²) in [5.41, 5.74) is -0.513. The zero-order chi connectivity index (χ0) is 15.5. The summed E-state index contributed by atoms with van der Waals surface area (Å²) in [6.45, 7) is 1.48. The maximum Gasteiger partial charge on any atom is 0.333 e. The number of rotatable bonds is 4. The SMILES string of the molecule is CC(NC(=O)c1cccc(I)c1)(C(=O)O)c1ccccc1. The molecule has 0 heterocycles. The minimum atomic E-state index is -1.47. The molecule has 0 bridgehead atoms. The number of carbonyl (C=O) groups excluding carboxylic acids is 1. The highest BCUT2D eigenvalue weighted by Gasteiger charge is 2.36. The molecule has 21 heavy (non-hydrogen) atoms. The van der Waals surface area contributed by atoms with Crippen LogP contribution in [0, 0.1) is 3.57 Å². The van der Waals surface area contributed by atoms with Gasteiger partial charge in [-0.2, -0.15) is 0 Å². The van der Waals surface area contributed by atoms with Crippen molar-refractivity contribution >= 4 is 34.5 Å². The highest BCUT2D eigenvalue weighted by molar-refractivity contribution is 14.1. The van der Waals surface area contributed by atoms with Gasteiger partial charge in [-0.25, -0.2) is 4.79 Å². The fourth-order valence-corrected chi connectivity index (χ4v) is 2.49. The van der Waals surface area contributed by atoms with E-state index in [9.17, 15) is 14.7 Å². The zero-order valence-corrected chi connectivity index (χ0v) is 13.5. The number of carboxylic acid groups (broad SMARTS) is 1. The van der Waals surface area contributed by atoms with E-state index in [0.29, 0.717) is 11.1 Å². The van der Waals surface area contributed by atoms with Crippen molar-refractivity contribution < 1.29 is 14.7 Å². The Labute approximate surface area is 136 Å². The van der Waals surface area contributed by atoms with Crippen LogP contribution in [-0.4, -0.2) is 17.0 Å². The van der Waals surface area contributed by atoms with Crippen molar-refractivity contribution in [1.82, 2.24) is 5.32 Å². The van der Waals surface area contributed by atoms with Gasteiger partial charge in [-0.3, -0.25) is 4.79 Å². The van der Waals surface area contributed by atoms with Gasteiger partial charge in [0.05, 0.1) is 0 Å². The molecule has 2 aromatic rings. The van der Waals surface area contributed by atoms with Crippen LogP contribution in [-0.2, 0) is 10.3 Å². The third-order valence-electron chi connectivity index (χ3n) is 3.23. The summed E-state index contributed by atoms with van der Waals surface area (Å²) in [4.78, 5) is 24.0. The number of aliphatic carboxylic acids is 1. The first-order valence-corrected chi connectivity index (χ1v) is 7.38. The molecule has 1 amide bonds. The fourth-order valence-electron chi connectivity index (χ4n) is 1.95. The van der Waals surface area contributed by atoms with Gasteiger partial charge >= 0.3 is 5.97 Å². The summed E-state index contributed by atoms with van der Waals surface area (Å²) < 4.78 is 0.914. The van der Waals surface area contributed by atoms with Gasteiger partial charge in [0, 0.05) is 9.13 Å². The van der Waals surface area contributed by atoms with Crippen molar-refractivity contribution in [3.05, 3.63) is 69.3 Å². The normalized spacial score (nSPS) is 13.2. The molecule has 2 rings (SSSR count). The Balaban J connectivity index is 2.33. The van der Waals surface area contributed by atoms with E-state index >= 15 is 0 Å². The van der Waals surface area contributed by atoms with Crippen LogP contribution in [0.15, 0.2) is 54.6 Å². The number of hydrogen-bond acceptors (Lipinski definition) is 2. The van der Waals surface area contributed by atoms with Crippen LogP contribution in [0.5, 0.6) is 0 Å². The largest absolute Gasteiger partial charge is 0.479 e. The van der Waals surface area contributed by atoms with E-state index in [4.69, 9.17) is 0 Å². The lowest BCUT2D eigenvalue weighted by atomic mass is 9.91. The second-order valence-electron chi connectivity index (χ2n) is 4.76. The predicted molar refractivity (Wildman–Crippen MR) is 88.1 cm³/mol. The van der Waals surface area contributed by atoms with Crippen molar-refractivity contribution in [3.8, 4) is 0 Å². The third kappa shape index (κ3) is 3.41. The maximum absolute atomic E-state index is 12.3. The van der Waals surface area contributed by atoms with Gasteiger partial charge < -0.3 is 10.4 Å². The van der Waals surface area contributed by atoms with Crippen LogP contribution in [0.2, 0.25) is 0 Å². The average Bonchev–Trinajstić information content (AvgIpc) is 2.47. The third-order valence-corrected chi connectivity index (χ3v) is 3.90. The number of hydrogen-bond donors (Lipinski definition) is 2. The number of nitrogens with one attached hydrogen (secondary N) is 1. The van der Waals surface area contributed by atoms with Crippen molar-refractivity contribution in [3.63, 3.8) is 0 Å². The van der Waals surface area contributed by atoms with Gasteiger partial charge in [0.1, 0.15) is 0 Å². The molecule has 2 aromatic carbocycles. The van der Waals surface area contributed by atoms with Crippen LogP contribution < -0.4 is 5.32 Å². The molecule has 0 aliphatic rings. The Morgan fingerprint density at radius 1 is 1.10 bits per heavy atom. The first kappa shape index (κ1) is 15.5. The van der Waals surface area contributed by atoms with Crippen molar-refractivity contribution in [2.75, 3.05) is 0 Å². The summed E-state index contributed by atoms with van der Waals surface area (Å²) in [5.74, 6) is -1.52. The lowest BCUT2D eigenvalue weighted by molar-refractivity contribution is -0.144. The highest BCUT2D eigenvalue weighted by Crippen LogP contribution is 2.22. The number of amides is 1. The smallest absolute Gasteiger partial charge is 0.333 e. The van der Waals surface area contributed by atoms with E-state index < -0.39 is 17.4 Å². The van der Waals surface area contributed by atoms with Crippen LogP contribution in [0.1, 0.15) is 22.8 Å². The van der Waals surface area contributed by atoms with Gasteiger partial charge in [0.15, 0.2) is 5.54 Å². The Morgan fingerprint density at radius 2 is 1.76 bits per heavy atom. The summed E-state index contributed by atoms with van der Waals surface area (Å²) in [6, 6.07) is 15.7. The molecule has 0 aliphatic heterocycles. The van der Waals surface area contributed by atoms with Crippen LogP contribution in [0.3, 0.4) is 0 Å². The second kappa shape index (κ2) is 6.26. The molecule has 0 saturated carbocycles. The molecule has 0 saturated heterocycles. The fraction of sp³-hybridized carbons (Fsp3) is 0.125. The van der Waals surface area contributed by atoms with E-state index in [0.717, 1.165) is 3.57 Å². The molecule has 108 valence electrons. The molecule has 0 radical (unpaired) electrons. The number of halogens is 1. The molecule has 1 atom stereocenters. The summed E-state index contributed by atoms with van der Waals surface area (Å²) in [5, 5.41) is 12.1. The van der Waals surface area contributed by atoms with Crippen molar-refractivity contribution in [1.29, 1.82) is 0 Å². The van der Waals surface area contributed by atoms with Gasteiger partial charge in [-0.05, 0) is 53.3 Å². The van der Waals surface area contributed by atoms with Gasteiger partial charge in [-0.1, -0.05) is 36.4 Å². The monoisotopic (exact) mass is 395 g/mol. The second-order valence-corrected chi connectivity index (χ2v) is 6.01. The van der Waals surface area contributed by atoms with Gasteiger partial charge in [0.2, 0.25) is 0 Å². The molecule has 0 fully saturated rings. The van der Waals surface area contributed by atoms with Gasteiger partial charge in [0.25, 0.3) is 5.91 Å². The van der Waals surface area contributed by atoms with Crippen LogP contribution in [0.25, 0.3) is 0 Å².